The number of para-hydroxylation sites is 2. The quantitative estimate of drug-likeness (QED) is 0.543. The zero-order valence-electron chi connectivity index (χ0n) is 13.3. The minimum atomic E-state index is 0. The molecular weight excluding hydrogens is 352 g/mol. The summed E-state index contributed by atoms with van der Waals surface area (Å²) >= 11 is 0. The van der Waals surface area contributed by atoms with E-state index in [1.807, 2.05) is 47.0 Å². The minimum Gasteiger partial charge on any atom is -0.507 e. The van der Waals surface area contributed by atoms with Crippen LogP contribution in [-0.4, -0.2) is 19.6 Å². The number of aryl methyl sites for hydroxylation is 1. The zero-order valence-corrected chi connectivity index (χ0v) is 16.3. The summed E-state index contributed by atoms with van der Waals surface area (Å²) in [6.07, 6.45) is 1.76. The van der Waals surface area contributed by atoms with E-state index in [-0.39, 0.29) is 25.2 Å². The van der Waals surface area contributed by atoms with Gasteiger partial charge in [0.15, 0.2) is 11.5 Å². The van der Waals surface area contributed by atoms with Crippen molar-refractivity contribution in [1.29, 1.82) is 0 Å². The van der Waals surface area contributed by atoms with E-state index in [2.05, 4.69) is 18.0 Å². The Morgan fingerprint density at radius 2 is 1.67 bits per heavy atom. The molecule has 2 heterocycles. The van der Waals surface area contributed by atoms with Gasteiger partial charge in [-0.3, -0.25) is 4.57 Å². The Labute approximate surface area is 152 Å². The third-order valence-electron chi connectivity index (χ3n) is 3.92. The van der Waals surface area contributed by atoms with Crippen molar-refractivity contribution in [2.24, 2.45) is 0 Å². The number of nitrogens with zero attached hydrogens (tertiary/aromatic N) is 3. The Morgan fingerprint density at radius 3 is 2.46 bits per heavy atom. The number of hydrogen-bond acceptors (Lipinski definition) is 3. The van der Waals surface area contributed by atoms with Crippen molar-refractivity contribution in [2.45, 2.75) is 6.92 Å². The van der Waals surface area contributed by atoms with Crippen molar-refractivity contribution < 1.29 is 24.6 Å². The minimum absolute atomic E-state index is 0. The molecule has 0 aliphatic carbocycles. The molecule has 0 saturated heterocycles. The summed E-state index contributed by atoms with van der Waals surface area (Å²) in [5.41, 5.74) is 4.39. The van der Waals surface area contributed by atoms with E-state index in [9.17, 15) is 5.11 Å². The summed E-state index contributed by atoms with van der Waals surface area (Å²) in [4.78, 5) is 9.20. The fourth-order valence-electron chi connectivity index (χ4n) is 2.80. The van der Waals surface area contributed by atoms with Crippen molar-refractivity contribution in [3.8, 4) is 22.8 Å². The smallest absolute Gasteiger partial charge is 0.164 e. The molecule has 0 aliphatic rings. The van der Waals surface area contributed by atoms with Crippen LogP contribution < -0.4 is 0 Å². The number of fused-ring (bicyclic) bond motifs is 1. The van der Waals surface area contributed by atoms with Crippen LogP contribution in [0.1, 0.15) is 5.56 Å². The molecule has 0 atom stereocenters. The van der Waals surface area contributed by atoms with Gasteiger partial charge in [-0.25, -0.2) is 9.97 Å². The second-order valence-electron chi connectivity index (χ2n) is 5.42. The van der Waals surface area contributed by atoms with Crippen LogP contribution in [-0.2, 0) is 19.5 Å². The molecule has 2 aromatic carbocycles. The van der Waals surface area contributed by atoms with Gasteiger partial charge < -0.3 is 5.11 Å². The van der Waals surface area contributed by atoms with Crippen molar-refractivity contribution in [1.82, 2.24) is 14.5 Å². The van der Waals surface area contributed by atoms with E-state index in [0.717, 1.165) is 22.4 Å². The molecule has 0 amide bonds. The first-order valence-electron chi connectivity index (χ1n) is 7.43. The number of pyridine rings is 1. The van der Waals surface area contributed by atoms with Crippen LogP contribution in [0.3, 0.4) is 0 Å². The first-order valence-corrected chi connectivity index (χ1v) is 7.43. The molecule has 114 valence electrons. The van der Waals surface area contributed by atoms with Gasteiger partial charge in [0.25, 0.3) is 0 Å². The predicted molar refractivity (Wildman–Crippen MR) is 90.7 cm³/mol. The molecule has 0 aliphatic heterocycles. The molecule has 2 aromatic heterocycles. The van der Waals surface area contributed by atoms with Crippen LogP contribution >= 0.6 is 0 Å². The number of aromatic nitrogens is 3. The summed E-state index contributed by atoms with van der Waals surface area (Å²) < 4.78 is 2.00. The van der Waals surface area contributed by atoms with Crippen molar-refractivity contribution in [2.75, 3.05) is 0 Å². The van der Waals surface area contributed by atoms with Crippen molar-refractivity contribution >= 4 is 11.2 Å². The number of rotatable bonds is 2. The maximum Gasteiger partial charge on any atom is 0.164 e. The average Bonchev–Trinajstić information content (AvgIpc) is 2.95. The maximum atomic E-state index is 10.3. The Morgan fingerprint density at radius 1 is 0.917 bits per heavy atom. The molecule has 0 bridgehead atoms. The summed E-state index contributed by atoms with van der Waals surface area (Å²) in [6.45, 7) is 2.05. The Balaban J connectivity index is 0.00000169. The first kappa shape index (κ1) is 16.3. The van der Waals surface area contributed by atoms with Crippen molar-refractivity contribution in [3.05, 3.63) is 72.4 Å². The fourth-order valence-corrected chi connectivity index (χ4v) is 2.80. The third kappa shape index (κ3) is 2.61. The molecular formula is C19H15N3OZn. The van der Waals surface area contributed by atoms with E-state index < -0.39 is 0 Å². The predicted octanol–water partition coefficient (Wildman–Crippen LogP) is 4.10. The number of aromatic hydroxyl groups is 1. The molecule has 0 spiro atoms. The Hall–Kier alpha value is -2.52. The number of benzene rings is 2. The van der Waals surface area contributed by atoms with Gasteiger partial charge in [0.05, 0.1) is 11.3 Å². The summed E-state index contributed by atoms with van der Waals surface area (Å²) in [5, 5.41) is 10.3. The summed E-state index contributed by atoms with van der Waals surface area (Å²) in [7, 11) is 0. The Bertz CT molecular complexity index is 1010. The van der Waals surface area contributed by atoms with E-state index in [4.69, 9.17) is 4.98 Å². The van der Waals surface area contributed by atoms with Gasteiger partial charge in [0.2, 0.25) is 0 Å². The zero-order chi connectivity index (χ0) is 15.8. The molecule has 4 nitrogen and oxygen atoms in total. The third-order valence-corrected chi connectivity index (χ3v) is 3.92. The van der Waals surface area contributed by atoms with Crippen LogP contribution in [0.2, 0.25) is 0 Å². The van der Waals surface area contributed by atoms with Gasteiger partial charge >= 0.3 is 0 Å². The first-order chi connectivity index (χ1) is 11.3. The van der Waals surface area contributed by atoms with Gasteiger partial charge in [-0.15, -0.1) is 0 Å². The molecule has 4 rings (SSSR count). The van der Waals surface area contributed by atoms with E-state index >= 15 is 0 Å². The fraction of sp³-hybridized carbons (Fsp3) is 0.0526. The molecule has 0 radical (unpaired) electrons. The number of imidazole rings is 1. The molecule has 5 heteroatoms. The Kier molecular flexibility index (Phi) is 4.45. The van der Waals surface area contributed by atoms with Gasteiger partial charge in [0.1, 0.15) is 11.3 Å². The SMILES string of the molecule is Cc1ccccc1-n1c(-c2ccccc2O)nc2cccnc21.[Zn]. The molecule has 0 saturated carbocycles. The summed E-state index contributed by atoms with van der Waals surface area (Å²) in [6, 6.07) is 19.1. The van der Waals surface area contributed by atoms with Gasteiger partial charge in [-0.05, 0) is 42.8 Å². The van der Waals surface area contributed by atoms with E-state index in [0.29, 0.717) is 11.4 Å². The van der Waals surface area contributed by atoms with Crippen LogP contribution in [0.5, 0.6) is 5.75 Å². The topological polar surface area (TPSA) is 50.9 Å². The van der Waals surface area contributed by atoms with Gasteiger partial charge in [0, 0.05) is 25.7 Å². The van der Waals surface area contributed by atoms with Gasteiger partial charge in [-0.1, -0.05) is 30.3 Å². The largest absolute Gasteiger partial charge is 0.507 e. The van der Waals surface area contributed by atoms with E-state index in [1.165, 1.54) is 0 Å². The number of hydrogen-bond donors (Lipinski definition) is 1. The van der Waals surface area contributed by atoms with Crippen LogP contribution in [0.15, 0.2) is 66.9 Å². The van der Waals surface area contributed by atoms with E-state index in [1.54, 1.807) is 18.3 Å². The molecule has 1 N–H and O–H groups in total. The number of phenols is 1. The van der Waals surface area contributed by atoms with Crippen molar-refractivity contribution in [3.63, 3.8) is 0 Å². The van der Waals surface area contributed by atoms with Gasteiger partial charge in [-0.2, -0.15) is 0 Å². The van der Waals surface area contributed by atoms with Crippen LogP contribution in [0, 0.1) is 6.92 Å². The second kappa shape index (κ2) is 6.54. The standard InChI is InChI=1S/C19H15N3O.Zn/c1-13-7-2-4-10-16(13)22-18(14-8-3-5-11-17(14)23)21-15-9-6-12-20-19(15)22;/h2-12,23H,1H3;. The average molecular weight is 367 g/mol. The number of phenolic OH excluding ortho intramolecular Hbond substituents is 1. The summed E-state index contributed by atoms with van der Waals surface area (Å²) in [5.74, 6) is 0.892. The molecule has 0 fully saturated rings. The monoisotopic (exact) mass is 365 g/mol. The molecule has 4 aromatic rings. The molecule has 0 unspecified atom stereocenters. The van der Waals surface area contributed by atoms with Crippen LogP contribution in [0.4, 0.5) is 0 Å². The van der Waals surface area contributed by atoms with Crippen LogP contribution in [0.25, 0.3) is 28.2 Å². The molecule has 24 heavy (non-hydrogen) atoms. The maximum absolute atomic E-state index is 10.3. The second-order valence-corrected chi connectivity index (χ2v) is 5.42. The normalized spacial score (nSPS) is 10.5.